The summed E-state index contributed by atoms with van der Waals surface area (Å²) in [4.78, 5) is 213. The van der Waals surface area contributed by atoms with Crippen LogP contribution in [0.4, 0.5) is 28.8 Å². The summed E-state index contributed by atoms with van der Waals surface area (Å²) in [6, 6.07) is -6.44. The van der Waals surface area contributed by atoms with Crippen LogP contribution in [0.3, 0.4) is 0 Å². The van der Waals surface area contributed by atoms with E-state index in [4.69, 9.17) is 42.3 Å². The van der Waals surface area contributed by atoms with Gasteiger partial charge in [-0.3, -0.25) is 111 Å². The summed E-state index contributed by atoms with van der Waals surface area (Å²) in [7, 11) is -1.80. The van der Waals surface area contributed by atoms with E-state index in [1.54, 1.807) is 38.4 Å². The minimum absolute atomic E-state index is 0. The first-order valence-electron chi connectivity index (χ1n) is 38.2. The van der Waals surface area contributed by atoms with Crippen molar-refractivity contribution in [3.63, 3.8) is 0 Å². The van der Waals surface area contributed by atoms with Gasteiger partial charge >= 0.3 is 167 Å². The van der Waals surface area contributed by atoms with Gasteiger partial charge in [-0.05, 0) is 32.4 Å². The van der Waals surface area contributed by atoms with E-state index in [1.807, 2.05) is 0 Å². The molecule has 131 heavy (non-hydrogen) atoms. The Morgan fingerprint density at radius 3 is 1.18 bits per heavy atom. The number of nitrogens with one attached hydrogen (secondary N) is 1. The number of primary amides is 2. The first-order valence-corrected chi connectivity index (χ1v) is 47.2. The molecule has 5 unspecified atom stereocenters. The van der Waals surface area contributed by atoms with E-state index in [0.29, 0.717) is 154 Å². The van der Waals surface area contributed by atoms with Crippen molar-refractivity contribution >= 4 is 159 Å². The van der Waals surface area contributed by atoms with Crippen LogP contribution < -0.4 is 147 Å². The maximum Gasteiger partial charge on any atom is 1.00 e. The topological polar surface area (TPSA) is 691 Å². The van der Waals surface area contributed by atoms with Crippen molar-refractivity contribution in [2.75, 3.05) is 58.9 Å². The number of fused-ring (bicyclic) bond motifs is 24. The predicted molar refractivity (Wildman–Crippen MR) is 444 cm³/mol. The Kier molecular flexibility index (Phi) is 32.4. The maximum absolute atomic E-state index is 12.3. The molecule has 0 radical (unpaired) electrons. The average molecular weight is 2030 g/mol. The molecule has 0 spiro atoms. The molecule has 6 saturated heterocycles. The molecule has 7 aromatic heterocycles. The van der Waals surface area contributed by atoms with Crippen LogP contribution in [0.5, 0.6) is 0 Å². The second-order valence-electron chi connectivity index (χ2n) is 30.1. The van der Waals surface area contributed by atoms with Crippen LogP contribution in [0, 0.1) is 21.1 Å². The number of rotatable bonds is 24. The van der Waals surface area contributed by atoms with Gasteiger partial charge in [-0.15, -0.1) is 12.9 Å². The number of aromatic amines is 1. The second-order valence-corrected chi connectivity index (χ2v) is 39.1. The van der Waals surface area contributed by atoms with Crippen LogP contribution in [0.25, 0.3) is 0 Å². The van der Waals surface area contributed by atoms with Gasteiger partial charge in [0.25, 0.3) is 18.1 Å². The molecule has 65 heteroatoms. The van der Waals surface area contributed by atoms with Crippen molar-refractivity contribution in [2.24, 2.45) is 35.7 Å². The van der Waals surface area contributed by atoms with Crippen molar-refractivity contribution in [1.29, 1.82) is 0 Å². The molecule has 6 fully saturated rings. The molecular weight excluding hydrogens is 1950 g/mol. The number of amides is 14. The summed E-state index contributed by atoms with van der Waals surface area (Å²) in [5, 5.41) is 1.73. The van der Waals surface area contributed by atoms with Crippen LogP contribution in [0.15, 0.2) is 41.2 Å². The third kappa shape index (κ3) is 21.0. The number of hydroxylamine groups is 6. The fourth-order valence-corrected chi connectivity index (χ4v) is 24.1. The Bertz CT molecular complexity index is 6450. The first-order chi connectivity index (χ1) is 60.3. The minimum Gasteiger partial charge on any atom is -0.469 e. The van der Waals surface area contributed by atoms with Gasteiger partial charge in [0.1, 0.15) is 36.3 Å². The molecule has 14 N–H and O–H groups in total. The molecule has 0 aromatic carbocycles. The number of ketones is 2. The number of nitrogens with zero attached hydrogens (tertiary/aromatic N) is 19. The Morgan fingerprint density at radius 1 is 0.450 bits per heavy atom. The number of carbonyl (C=O) groups is 10. The van der Waals surface area contributed by atoms with Crippen LogP contribution in [-0.4, -0.2) is 254 Å². The van der Waals surface area contributed by atoms with Crippen molar-refractivity contribution < 1.29 is 188 Å². The molecular formula is C66H80N25Na3O28S9. The Balaban J connectivity index is 0.000000152. The Hall–Kier alpha value is -7.82. The summed E-state index contributed by atoms with van der Waals surface area (Å²) >= 11 is 5.98. The third-order valence-electron chi connectivity index (χ3n) is 22.1. The first kappa shape index (κ1) is 104. The van der Waals surface area contributed by atoms with Crippen molar-refractivity contribution in [3.8, 4) is 0 Å². The van der Waals surface area contributed by atoms with Gasteiger partial charge in [0.2, 0.25) is 11.8 Å². The predicted octanol–water partition coefficient (Wildman–Crippen LogP) is -11.4. The zero-order valence-corrected chi connectivity index (χ0v) is 83.2. The van der Waals surface area contributed by atoms with Crippen LogP contribution in [0.1, 0.15) is 144 Å². The van der Waals surface area contributed by atoms with E-state index in [-0.39, 0.29) is 238 Å². The molecule has 0 aliphatic carbocycles. The molecule has 14 amide bonds. The largest absolute Gasteiger partial charge is 1.00 e. The van der Waals surface area contributed by atoms with Gasteiger partial charge in [0, 0.05) is 65.0 Å². The van der Waals surface area contributed by atoms with E-state index >= 15 is 0 Å². The van der Waals surface area contributed by atoms with Gasteiger partial charge in [-0.1, -0.05) is 68.0 Å². The standard InChI is InChI=1S/C13H17N4O3S.C12H16N4O7S2.C11H11N5O6S2.C10H14N4O6S2.2C10H11N4O3S.3Na/c1-15-9-6-16(12(15)19)7-10-11(9)21-13(20)17(10)4-2-3-8(18)5-14;13-3-1-2-7(17)4-15-8-5-14-6-9(10(8)24-12(15)19)16(11(14)18)23-25(20,21)22;17-10-14-3-6-9(7(4-14)16(10)22-24(19,20)21)23-11(18)15(6)5-8-12-1-2-13-8;11-2-1-3-13-6-4-12-5-7(8(6)21-10(13)16)14(9(12)15)20-22(17,18)19;1-12-5-2-13(9(12)16)3-6-8(5)18-10(17)14(6)4-7(11)15;1-12-4-3-14(9(12)16)6(8(11)15)5-7(4)18-10(17)13(5)2;;;/h9H,1-7,14H2;9H,1-6,13H2,(H,20,21,22);1-2,7H,3-5H2,(H,12,13)(H,19,20,21);7H,1-5,11H2,(H,17,18,19);5H,1-4H2,(H2,11,15);4,6H,1,3H2,2H3,(H2,11,15);;;/q-1;;;;2*-1;3*+1/t;;;;;4-,6-;;;/m.....0.../s1. The van der Waals surface area contributed by atoms with E-state index in [0.717, 1.165) is 72.1 Å². The van der Waals surface area contributed by atoms with Gasteiger partial charge in [0.05, 0.1) is 154 Å². The molecule has 19 heterocycles. The molecule has 12 bridgehead atoms. The normalized spacial score (nSPS) is 20.5. The minimum atomic E-state index is -4.88. The average Bonchev–Trinajstić information content (AvgIpc) is 1.57. The van der Waals surface area contributed by atoms with Crippen molar-refractivity contribution in [1.82, 2.24) is 96.7 Å². The number of nitrogens with two attached hydrogens (primary N) is 5. The number of carbonyl (C=O) groups excluding carboxylic acids is 10. The van der Waals surface area contributed by atoms with Crippen molar-refractivity contribution in [3.05, 3.63) is 161 Å². The summed E-state index contributed by atoms with van der Waals surface area (Å²) in [6.07, 6.45) is 5.55. The molecule has 694 valence electrons. The monoisotopic (exact) mass is 2030 g/mol. The van der Waals surface area contributed by atoms with Gasteiger partial charge in [-0.25, -0.2) is 19.4 Å². The Labute approximate surface area is 830 Å². The summed E-state index contributed by atoms with van der Waals surface area (Å²) in [6.45, 7) is 4.90. The van der Waals surface area contributed by atoms with Gasteiger partial charge in [0.15, 0.2) is 11.8 Å². The Morgan fingerprint density at radius 2 is 0.794 bits per heavy atom. The van der Waals surface area contributed by atoms with Gasteiger partial charge in [-0.2, -0.15) is 40.4 Å². The molecule has 12 aliphatic heterocycles. The number of Topliss-reactive ketones (excluding diaryl/α,β-unsaturated/α-hetero) is 2. The van der Waals surface area contributed by atoms with Crippen LogP contribution in [-0.2, 0) is 136 Å². The number of H-pyrrole nitrogens is 1. The molecule has 0 saturated carbocycles. The number of hydrogen-bond donors (Lipinski definition) is 9. The number of imidazole rings is 1. The summed E-state index contributed by atoms with van der Waals surface area (Å²) in [5.74, 6) is -0.772. The second kappa shape index (κ2) is 41.0. The van der Waals surface area contributed by atoms with E-state index in [9.17, 15) is 102 Å². The molecule has 19 rings (SSSR count). The van der Waals surface area contributed by atoms with Crippen LogP contribution >= 0.6 is 68.0 Å². The molecule has 7 atom stereocenters. The fourth-order valence-electron chi connectivity index (χ4n) is 16.3. The number of thiazole rings is 6. The van der Waals surface area contributed by atoms with Crippen molar-refractivity contribution in [2.45, 2.75) is 140 Å². The quantitative estimate of drug-likeness (QED) is 0.0154. The third-order valence-corrected chi connectivity index (χ3v) is 30.0. The summed E-state index contributed by atoms with van der Waals surface area (Å²) < 4.78 is 114. The zero-order valence-electron chi connectivity index (χ0n) is 69.9. The van der Waals surface area contributed by atoms with Crippen LogP contribution in [0.2, 0.25) is 0 Å². The molecule has 12 aliphatic rings. The number of hydrogen-bond acceptors (Lipinski definition) is 35. The number of aromatic nitrogens is 8. The van der Waals surface area contributed by atoms with E-state index in [2.05, 4.69) is 44.0 Å². The number of urea groups is 6. The fraction of sp³-hybridized carbons (Fsp3) is 0.485. The summed E-state index contributed by atoms with van der Waals surface area (Å²) in [5.41, 5.74) is 30.4. The zero-order chi connectivity index (χ0) is 92.8. The van der Waals surface area contributed by atoms with E-state index in [1.165, 1.54) is 63.9 Å². The molecule has 7 aromatic rings. The maximum atomic E-state index is 12.3. The smallest absolute Gasteiger partial charge is 0.469 e. The van der Waals surface area contributed by atoms with E-state index < -0.39 is 85.3 Å². The van der Waals surface area contributed by atoms with Gasteiger partial charge < -0.3 is 91.5 Å². The SMILES string of the molecule is NCCCC(=O)Cn1c2c(sc1=O)C1CN(C2)C(=O)N1OS(=O)(=O)O.NCCCn1c2c(sc1=O)C1CN(C2)C(=O)N1OS(=O)(=O)O.O=C1N2Cc3c(sc(=O)n3Cc3ncc[nH]3)C(C2)N1OS(=O)(=O)O.[CH2-]N1C(=O)N2C[C@H]1c1sc(=O)n(C)c1[C@H]2C(N)=O.[CH2-]N1C(=O)N2Cc3c(sc(=O)n3CC(N)=O)C1C2.[CH2-]N1C(=O)N2Cc3c(sc(=O)n3CCCC(=O)CN)C1C2.[Na+].[Na+].[Na+]. The molecule has 53 nitrogen and oxygen atoms in total.